The van der Waals surface area contributed by atoms with Gasteiger partial charge in [-0.1, -0.05) is 37.3 Å². The van der Waals surface area contributed by atoms with Gasteiger partial charge in [-0.15, -0.1) is 0 Å². The summed E-state index contributed by atoms with van der Waals surface area (Å²) in [5.74, 6) is 1.48. The van der Waals surface area contributed by atoms with Gasteiger partial charge in [0.05, 0.1) is 17.3 Å². The van der Waals surface area contributed by atoms with E-state index >= 15 is 0 Å². The SMILES string of the molecule is CCc1ccc(Nc2nc(C)nc3c2cnn3-c2ccccc2)cc1. The summed E-state index contributed by atoms with van der Waals surface area (Å²) in [5, 5.41) is 8.81. The second kappa shape index (κ2) is 6.36. The third-order valence-corrected chi connectivity index (χ3v) is 4.17. The summed E-state index contributed by atoms with van der Waals surface area (Å²) < 4.78 is 1.84. The molecule has 0 aliphatic carbocycles. The molecule has 25 heavy (non-hydrogen) atoms. The fraction of sp³-hybridized carbons (Fsp3) is 0.150. The van der Waals surface area contributed by atoms with Crippen LogP contribution >= 0.6 is 0 Å². The monoisotopic (exact) mass is 329 g/mol. The number of rotatable bonds is 4. The highest BCUT2D eigenvalue weighted by Gasteiger charge is 2.12. The minimum absolute atomic E-state index is 0.706. The first kappa shape index (κ1) is 15.3. The second-order valence-corrected chi connectivity index (χ2v) is 5.92. The van der Waals surface area contributed by atoms with Crippen LogP contribution in [-0.4, -0.2) is 19.7 Å². The molecule has 0 spiro atoms. The van der Waals surface area contributed by atoms with Crippen LogP contribution in [0, 0.1) is 6.92 Å². The number of fused-ring (bicyclic) bond motifs is 1. The van der Waals surface area contributed by atoms with Crippen LogP contribution < -0.4 is 5.32 Å². The summed E-state index contributed by atoms with van der Waals surface area (Å²) in [6.07, 6.45) is 2.84. The van der Waals surface area contributed by atoms with E-state index in [1.807, 2.05) is 48.1 Å². The maximum Gasteiger partial charge on any atom is 0.168 e. The van der Waals surface area contributed by atoms with E-state index in [1.165, 1.54) is 5.56 Å². The van der Waals surface area contributed by atoms with Crippen LogP contribution in [0.2, 0.25) is 0 Å². The molecule has 0 radical (unpaired) electrons. The van der Waals surface area contributed by atoms with Crippen LogP contribution in [0.25, 0.3) is 16.7 Å². The average Bonchev–Trinajstić information content (AvgIpc) is 3.07. The molecule has 0 saturated carbocycles. The van der Waals surface area contributed by atoms with Crippen LogP contribution in [0.5, 0.6) is 0 Å². The zero-order chi connectivity index (χ0) is 17.2. The van der Waals surface area contributed by atoms with Crippen molar-refractivity contribution in [1.29, 1.82) is 0 Å². The van der Waals surface area contributed by atoms with Crippen molar-refractivity contribution in [2.75, 3.05) is 5.32 Å². The molecule has 124 valence electrons. The van der Waals surface area contributed by atoms with Crippen molar-refractivity contribution in [2.45, 2.75) is 20.3 Å². The number of hydrogen-bond donors (Lipinski definition) is 1. The molecule has 0 aliphatic rings. The Balaban J connectivity index is 1.78. The lowest BCUT2D eigenvalue weighted by molar-refractivity contribution is 0.890. The van der Waals surface area contributed by atoms with Crippen molar-refractivity contribution in [3.05, 3.63) is 72.2 Å². The van der Waals surface area contributed by atoms with Gasteiger partial charge in [0, 0.05) is 5.69 Å². The third-order valence-electron chi connectivity index (χ3n) is 4.17. The topological polar surface area (TPSA) is 55.6 Å². The van der Waals surface area contributed by atoms with E-state index in [2.05, 4.69) is 51.6 Å². The molecule has 5 nitrogen and oxygen atoms in total. The highest BCUT2D eigenvalue weighted by molar-refractivity contribution is 5.89. The first-order chi connectivity index (χ1) is 12.2. The van der Waals surface area contributed by atoms with Gasteiger partial charge in [0.2, 0.25) is 0 Å². The number of aryl methyl sites for hydroxylation is 2. The molecule has 1 N–H and O–H groups in total. The molecular formula is C20H19N5. The lowest BCUT2D eigenvalue weighted by Gasteiger charge is -2.09. The zero-order valence-corrected chi connectivity index (χ0v) is 14.3. The number of benzene rings is 2. The summed E-state index contributed by atoms with van der Waals surface area (Å²) >= 11 is 0. The Morgan fingerprint density at radius 3 is 2.44 bits per heavy atom. The molecule has 0 amide bonds. The molecular weight excluding hydrogens is 310 g/mol. The summed E-state index contributed by atoms with van der Waals surface area (Å²) in [6, 6.07) is 18.4. The molecule has 0 aliphatic heterocycles. The minimum atomic E-state index is 0.706. The molecule has 2 aromatic heterocycles. The Bertz CT molecular complexity index is 1000. The van der Waals surface area contributed by atoms with E-state index in [0.29, 0.717) is 5.82 Å². The molecule has 0 fully saturated rings. The molecule has 4 aromatic rings. The first-order valence-corrected chi connectivity index (χ1v) is 8.38. The highest BCUT2D eigenvalue weighted by Crippen LogP contribution is 2.25. The smallest absolute Gasteiger partial charge is 0.168 e. The molecule has 0 bridgehead atoms. The minimum Gasteiger partial charge on any atom is -0.340 e. The van der Waals surface area contributed by atoms with E-state index < -0.39 is 0 Å². The van der Waals surface area contributed by atoms with E-state index in [0.717, 1.165) is 34.6 Å². The van der Waals surface area contributed by atoms with Crippen molar-refractivity contribution >= 4 is 22.5 Å². The second-order valence-electron chi connectivity index (χ2n) is 5.92. The largest absolute Gasteiger partial charge is 0.340 e. The Labute approximate surface area is 146 Å². The van der Waals surface area contributed by atoms with E-state index in [4.69, 9.17) is 0 Å². The summed E-state index contributed by atoms with van der Waals surface area (Å²) in [4.78, 5) is 9.16. The quantitative estimate of drug-likeness (QED) is 0.602. The Morgan fingerprint density at radius 1 is 0.960 bits per heavy atom. The van der Waals surface area contributed by atoms with Gasteiger partial charge >= 0.3 is 0 Å². The fourth-order valence-electron chi connectivity index (χ4n) is 2.83. The molecule has 0 atom stereocenters. The number of nitrogens with zero attached hydrogens (tertiary/aromatic N) is 4. The van der Waals surface area contributed by atoms with Crippen LogP contribution in [-0.2, 0) is 6.42 Å². The lowest BCUT2D eigenvalue weighted by atomic mass is 10.1. The van der Waals surface area contributed by atoms with Crippen molar-refractivity contribution in [3.8, 4) is 5.69 Å². The molecule has 5 heteroatoms. The van der Waals surface area contributed by atoms with Gasteiger partial charge in [-0.25, -0.2) is 14.6 Å². The lowest BCUT2D eigenvalue weighted by Crippen LogP contribution is -2.02. The predicted octanol–water partition coefficient (Wildman–Crippen LogP) is 4.43. The van der Waals surface area contributed by atoms with Crippen LogP contribution in [0.4, 0.5) is 11.5 Å². The normalized spacial score (nSPS) is 11.0. The zero-order valence-electron chi connectivity index (χ0n) is 14.3. The van der Waals surface area contributed by atoms with Gasteiger partial charge in [0.1, 0.15) is 11.6 Å². The van der Waals surface area contributed by atoms with Crippen LogP contribution in [0.3, 0.4) is 0 Å². The standard InChI is InChI=1S/C20H19N5/c1-3-15-9-11-16(12-10-15)24-19-18-13-21-25(17-7-5-4-6-8-17)20(18)23-14(2)22-19/h4-13H,3H2,1-2H3,(H,22,23,24). The van der Waals surface area contributed by atoms with E-state index in [1.54, 1.807) is 0 Å². The number of aromatic nitrogens is 4. The fourth-order valence-corrected chi connectivity index (χ4v) is 2.83. The van der Waals surface area contributed by atoms with Gasteiger partial charge in [0.15, 0.2) is 5.65 Å². The van der Waals surface area contributed by atoms with Gasteiger partial charge in [-0.05, 0) is 43.2 Å². The van der Waals surface area contributed by atoms with E-state index in [9.17, 15) is 0 Å². The summed E-state index contributed by atoms with van der Waals surface area (Å²) in [6.45, 7) is 4.05. The van der Waals surface area contributed by atoms with Gasteiger partial charge in [0.25, 0.3) is 0 Å². The van der Waals surface area contributed by atoms with Gasteiger partial charge in [-0.3, -0.25) is 0 Å². The van der Waals surface area contributed by atoms with Gasteiger partial charge < -0.3 is 5.32 Å². The van der Waals surface area contributed by atoms with Crippen LogP contribution in [0.1, 0.15) is 18.3 Å². The first-order valence-electron chi connectivity index (χ1n) is 8.38. The highest BCUT2D eigenvalue weighted by atomic mass is 15.3. The van der Waals surface area contributed by atoms with Crippen molar-refractivity contribution < 1.29 is 0 Å². The molecule has 4 rings (SSSR count). The average molecular weight is 329 g/mol. The Hall–Kier alpha value is -3.21. The maximum atomic E-state index is 4.59. The summed E-state index contributed by atoms with van der Waals surface area (Å²) in [5.41, 5.74) is 4.09. The van der Waals surface area contributed by atoms with Crippen LogP contribution in [0.15, 0.2) is 60.8 Å². The number of anilines is 2. The number of hydrogen-bond acceptors (Lipinski definition) is 4. The van der Waals surface area contributed by atoms with Gasteiger partial charge in [-0.2, -0.15) is 5.10 Å². The predicted molar refractivity (Wildman–Crippen MR) is 100 cm³/mol. The van der Waals surface area contributed by atoms with Crippen molar-refractivity contribution in [1.82, 2.24) is 19.7 Å². The Kier molecular flexibility index (Phi) is 3.90. The summed E-state index contributed by atoms with van der Waals surface area (Å²) in [7, 11) is 0. The molecule has 0 saturated heterocycles. The van der Waals surface area contributed by atoms with Crippen molar-refractivity contribution in [2.24, 2.45) is 0 Å². The maximum absolute atomic E-state index is 4.59. The number of para-hydroxylation sites is 1. The number of nitrogens with one attached hydrogen (secondary N) is 1. The van der Waals surface area contributed by atoms with E-state index in [-0.39, 0.29) is 0 Å². The molecule has 0 unspecified atom stereocenters. The van der Waals surface area contributed by atoms with Crippen molar-refractivity contribution in [3.63, 3.8) is 0 Å². The Morgan fingerprint density at radius 2 is 1.72 bits per heavy atom. The molecule has 2 aromatic carbocycles. The molecule has 2 heterocycles. The third kappa shape index (κ3) is 2.96.